The molecule has 2 N–H and O–H groups in total. The van der Waals surface area contributed by atoms with Crippen molar-refractivity contribution in [3.8, 4) is 0 Å². The number of hydrogen-bond acceptors (Lipinski definition) is 6. The molecule has 0 aliphatic carbocycles. The van der Waals surface area contributed by atoms with Crippen molar-refractivity contribution in [2.24, 2.45) is 4.99 Å². The van der Waals surface area contributed by atoms with E-state index < -0.39 is 16.0 Å². The summed E-state index contributed by atoms with van der Waals surface area (Å²) in [5.74, 6) is -1.01. The Morgan fingerprint density at radius 1 is 1.30 bits per heavy atom. The van der Waals surface area contributed by atoms with Crippen molar-refractivity contribution in [3.05, 3.63) is 29.8 Å². The number of amides is 1. The van der Waals surface area contributed by atoms with E-state index in [0.717, 1.165) is 6.42 Å². The number of nitrogens with one attached hydrogen (secondary N) is 2. The summed E-state index contributed by atoms with van der Waals surface area (Å²) in [7, 11) is -3.64. The molecule has 1 aromatic carbocycles. The maximum Gasteiger partial charge on any atom is 0.328 e. The molecule has 124 valence electrons. The van der Waals surface area contributed by atoms with Gasteiger partial charge in [-0.25, -0.2) is 8.42 Å². The zero-order valence-electron chi connectivity index (χ0n) is 12.5. The van der Waals surface area contributed by atoms with Crippen LogP contribution < -0.4 is 10.0 Å². The Bertz CT molecular complexity index is 743. The number of fused-ring (bicyclic) bond motifs is 1. The molecule has 0 saturated heterocycles. The summed E-state index contributed by atoms with van der Waals surface area (Å²) < 4.78 is 30.8. The molecule has 0 fully saturated rings. The van der Waals surface area contributed by atoms with Gasteiger partial charge in [0.1, 0.15) is 12.4 Å². The van der Waals surface area contributed by atoms with Gasteiger partial charge in [0, 0.05) is 12.1 Å². The number of ether oxygens (including phenoxy) is 1. The van der Waals surface area contributed by atoms with Gasteiger partial charge in [0.25, 0.3) is 15.9 Å². The zero-order valence-corrected chi connectivity index (χ0v) is 13.4. The maximum absolute atomic E-state index is 11.9. The minimum Gasteiger partial charge on any atom is -0.454 e. The van der Waals surface area contributed by atoms with E-state index in [-0.39, 0.29) is 29.8 Å². The Morgan fingerprint density at radius 2 is 2.04 bits per heavy atom. The molecule has 8 nitrogen and oxygen atoms in total. The predicted molar refractivity (Wildman–Crippen MR) is 82.4 cm³/mol. The van der Waals surface area contributed by atoms with Gasteiger partial charge in [-0.3, -0.25) is 19.3 Å². The predicted octanol–water partition coefficient (Wildman–Crippen LogP) is -0.205. The van der Waals surface area contributed by atoms with Crippen LogP contribution in [0.1, 0.15) is 18.9 Å². The number of carbonyl (C=O) groups excluding carboxylic acids is 2. The molecular formula is C14H17N3O5S. The summed E-state index contributed by atoms with van der Waals surface area (Å²) >= 11 is 0. The fraction of sp³-hybridized carbons (Fsp3) is 0.357. The second kappa shape index (κ2) is 7.23. The van der Waals surface area contributed by atoms with Gasteiger partial charge in [0.05, 0.1) is 4.90 Å². The highest BCUT2D eigenvalue weighted by molar-refractivity contribution is 7.90. The van der Waals surface area contributed by atoms with Crippen LogP contribution >= 0.6 is 0 Å². The molecule has 0 atom stereocenters. The highest BCUT2D eigenvalue weighted by Crippen LogP contribution is 2.21. The Kier molecular flexibility index (Phi) is 5.32. The van der Waals surface area contributed by atoms with Gasteiger partial charge in [0.2, 0.25) is 0 Å². The molecular weight excluding hydrogens is 322 g/mol. The maximum atomic E-state index is 11.9. The highest BCUT2D eigenvalue weighted by Gasteiger charge is 2.30. The van der Waals surface area contributed by atoms with E-state index in [2.05, 4.69) is 15.0 Å². The van der Waals surface area contributed by atoms with Crippen molar-refractivity contribution in [1.82, 2.24) is 10.0 Å². The van der Waals surface area contributed by atoms with Crippen LogP contribution in [0.25, 0.3) is 0 Å². The van der Waals surface area contributed by atoms with E-state index in [1.165, 1.54) is 6.07 Å². The molecule has 0 spiro atoms. The number of benzene rings is 1. The smallest absolute Gasteiger partial charge is 0.328 e. The van der Waals surface area contributed by atoms with Crippen LogP contribution in [-0.4, -0.2) is 45.8 Å². The molecule has 0 aromatic heterocycles. The number of nitrogens with zero attached hydrogens (tertiary/aromatic N) is 1. The van der Waals surface area contributed by atoms with E-state index in [9.17, 15) is 18.0 Å². The molecule has 1 amide bonds. The van der Waals surface area contributed by atoms with Gasteiger partial charge >= 0.3 is 5.97 Å². The summed E-state index contributed by atoms with van der Waals surface area (Å²) in [6.07, 6.45) is 0.785. The van der Waals surface area contributed by atoms with Crippen LogP contribution in [-0.2, 0) is 24.3 Å². The molecule has 0 radical (unpaired) electrons. The van der Waals surface area contributed by atoms with Crippen molar-refractivity contribution in [3.63, 3.8) is 0 Å². The molecule has 0 saturated carbocycles. The van der Waals surface area contributed by atoms with Gasteiger partial charge in [-0.15, -0.1) is 0 Å². The highest BCUT2D eigenvalue weighted by atomic mass is 32.2. The monoisotopic (exact) mass is 339 g/mol. The summed E-state index contributed by atoms with van der Waals surface area (Å²) in [6.45, 7) is 1.65. The second-order valence-corrected chi connectivity index (χ2v) is 6.43. The molecule has 1 aliphatic heterocycles. The first-order chi connectivity index (χ1) is 10.9. The molecule has 9 heteroatoms. The molecule has 0 bridgehead atoms. The average Bonchev–Trinajstić information content (AvgIpc) is 2.80. The summed E-state index contributed by atoms with van der Waals surface area (Å²) in [5, 5.41) is 2.57. The number of hydrogen-bond donors (Lipinski definition) is 2. The van der Waals surface area contributed by atoms with Gasteiger partial charge < -0.3 is 10.1 Å². The van der Waals surface area contributed by atoms with Crippen LogP contribution in [0, 0.1) is 0 Å². The van der Waals surface area contributed by atoms with Crippen molar-refractivity contribution in [2.75, 3.05) is 19.7 Å². The SMILES string of the molecule is CCCNC(=O)COC(=O)CN=C1NS(=O)(=O)c2ccccc21. The first-order valence-electron chi connectivity index (χ1n) is 7.03. The van der Waals surface area contributed by atoms with E-state index in [1.807, 2.05) is 6.92 Å². The number of sulfonamides is 1. The van der Waals surface area contributed by atoms with Crippen molar-refractivity contribution < 1.29 is 22.7 Å². The minimum atomic E-state index is -3.64. The Balaban J connectivity index is 1.94. The number of carbonyl (C=O) groups is 2. The summed E-state index contributed by atoms with van der Waals surface area (Å²) in [6, 6.07) is 6.32. The lowest BCUT2D eigenvalue weighted by atomic mass is 10.2. The normalized spacial score (nSPS) is 16.5. The van der Waals surface area contributed by atoms with Crippen molar-refractivity contribution in [1.29, 1.82) is 0 Å². The van der Waals surface area contributed by atoms with Crippen molar-refractivity contribution >= 4 is 27.7 Å². The Morgan fingerprint density at radius 3 is 2.78 bits per heavy atom. The van der Waals surface area contributed by atoms with E-state index in [0.29, 0.717) is 12.1 Å². The first kappa shape index (κ1) is 16.9. The quantitative estimate of drug-likeness (QED) is 0.696. The third kappa shape index (κ3) is 4.28. The van der Waals surface area contributed by atoms with E-state index >= 15 is 0 Å². The van der Waals surface area contributed by atoms with Gasteiger partial charge in [-0.2, -0.15) is 0 Å². The molecule has 1 heterocycles. The number of esters is 1. The number of amidine groups is 1. The topological polar surface area (TPSA) is 114 Å². The Hall–Kier alpha value is -2.42. The molecule has 1 aliphatic rings. The molecule has 2 rings (SSSR count). The third-order valence-corrected chi connectivity index (χ3v) is 4.36. The van der Waals surface area contributed by atoms with Crippen LogP contribution in [0.15, 0.2) is 34.2 Å². The van der Waals surface area contributed by atoms with Gasteiger partial charge in [-0.05, 0) is 18.6 Å². The third-order valence-electron chi connectivity index (χ3n) is 2.97. The van der Waals surface area contributed by atoms with E-state index in [1.54, 1.807) is 18.2 Å². The molecule has 23 heavy (non-hydrogen) atoms. The summed E-state index contributed by atoms with van der Waals surface area (Å²) in [4.78, 5) is 26.9. The number of aliphatic imine (C=N–C) groups is 1. The summed E-state index contributed by atoms with van der Waals surface area (Å²) in [5.41, 5.74) is 0.404. The Labute approximate surface area is 134 Å². The average molecular weight is 339 g/mol. The second-order valence-electron chi connectivity index (χ2n) is 4.78. The molecule has 1 aromatic rings. The van der Waals surface area contributed by atoms with E-state index in [4.69, 9.17) is 4.74 Å². The van der Waals surface area contributed by atoms with Crippen LogP contribution in [0.2, 0.25) is 0 Å². The standard InChI is InChI=1S/C14H17N3O5S/c1-2-7-15-12(18)9-22-13(19)8-16-14-10-5-3-4-6-11(10)23(20,21)17-14/h3-6H,2,7-9H2,1H3,(H,15,18)(H,16,17). The van der Waals surface area contributed by atoms with Gasteiger partial charge in [-0.1, -0.05) is 19.1 Å². The lowest BCUT2D eigenvalue weighted by Crippen LogP contribution is -2.30. The zero-order chi connectivity index (χ0) is 16.9. The van der Waals surface area contributed by atoms with Gasteiger partial charge in [0.15, 0.2) is 6.61 Å². The fourth-order valence-corrected chi connectivity index (χ4v) is 3.15. The lowest BCUT2D eigenvalue weighted by molar-refractivity contribution is -0.147. The van der Waals surface area contributed by atoms with Crippen molar-refractivity contribution in [2.45, 2.75) is 18.2 Å². The van der Waals surface area contributed by atoms with Crippen LogP contribution in [0.3, 0.4) is 0 Å². The minimum absolute atomic E-state index is 0.0907. The number of rotatable bonds is 6. The molecule has 0 unspecified atom stereocenters. The van der Waals surface area contributed by atoms with Crippen LogP contribution in [0.5, 0.6) is 0 Å². The first-order valence-corrected chi connectivity index (χ1v) is 8.51. The van der Waals surface area contributed by atoms with Crippen LogP contribution in [0.4, 0.5) is 0 Å². The lowest BCUT2D eigenvalue weighted by Gasteiger charge is -2.04. The largest absolute Gasteiger partial charge is 0.454 e. The fourth-order valence-electron chi connectivity index (χ4n) is 1.90.